The number of carboxylic acid groups (broad SMARTS) is 1. The Morgan fingerprint density at radius 1 is 1.33 bits per heavy atom. The van der Waals surface area contributed by atoms with Crippen molar-refractivity contribution < 1.29 is 23.1 Å². The molecule has 1 fully saturated rings. The number of aliphatic carboxylic acids is 1. The van der Waals surface area contributed by atoms with Crippen molar-refractivity contribution in [3.63, 3.8) is 0 Å². The molecule has 0 bridgehead atoms. The molecule has 0 amide bonds. The first kappa shape index (κ1) is 15.8. The van der Waals surface area contributed by atoms with Crippen molar-refractivity contribution in [1.29, 1.82) is 0 Å². The number of piperidine rings is 1. The van der Waals surface area contributed by atoms with Crippen LogP contribution in [0.2, 0.25) is 0 Å². The second-order valence-corrected chi connectivity index (χ2v) is 5.59. The van der Waals surface area contributed by atoms with Crippen molar-refractivity contribution in [2.75, 3.05) is 13.1 Å². The van der Waals surface area contributed by atoms with Gasteiger partial charge in [0.2, 0.25) is 0 Å². The van der Waals surface area contributed by atoms with Crippen molar-refractivity contribution in [1.82, 2.24) is 4.90 Å². The van der Waals surface area contributed by atoms with Crippen molar-refractivity contribution in [3.05, 3.63) is 35.1 Å². The highest BCUT2D eigenvalue weighted by Crippen LogP contribution is 2.34. The van der Waals surface area contributed by atoms with Gasteiger partial charge in [-0.1, -0.05) is 13.0 Å². The van der Waals surface area contributed by atoms with Gasteiger partial charge in [-0.25, -0.2) is 13.2 Å². The summed E-state index contributed by atoms with van der Waals surface area (Å²) in [5, 5.41) is 9.40. The zero-order chi connectivity index (χ0) is 15.6. The molecule has 0 spiro atoms. The van der Waals surface area contributed by atoms with Crippen LogP contribution in [-0.2, 0) is 11.3 Å². The van der Waals surface area contributed by atoms with Gasteiger partial charge >= 0.3 is 5.97 Å². The third-order valence-corrected chi connectivity index (χ3v) is 4.30. The van der Waals surface area contributed by atoms with E-state index in [0.29, 0.717) is 25.8 Å². The summed E-state index contributed by atoms with van der Waals surface area (Å²) < 4.78 is 39.8. The number of hydrogen-bond donors (Lipinski definition) is 1. The molecule has 0 aliphatic carbocycles. The second kappa shape index (κ2) is 6.05. The van der Waals surface area contributed by atoms with E-state index in [9.17, 15) is 23.1 Å². The normalized spacial score (nSPS) is 23.2. The van der Waals surface area contributed by atoms with Gasteiger partial charge in [-0.2, -0.15) is 0 Å². The molecule has 1 aromatic carbocycles. The van der Waals surface area contributed by atoms with Crippen molar-refractivity contribution in [2.45, 2.75) is 32.7 Å². The zero-order valence-corrected chi connectivity index (χ0v) is 11.8. The maximum Gasteiger partial charge on any atom is 0.310 e. The topological polar surface area (TPSA) is 40.5 Å². The summed E-state index contributed by atoms with van der Waals surface area (Å²) in [5.41, 5.74) is -0.793. The molecule has 2 rings (SSSR count). The maximum absolute atomic E-state index is 13.7. The van der Waals surface area contributed by atoms with Crippen LogP contribution in [0, 0.1) is 22.9 Å². The molecule has 1 atom stereocenters. The molecule has 21 heavy (non-hydrogen) atoms. The first-order chi connectivity index (χ1) is 9.89. The molecule has 0 radical (unpaired) electrons. The lowest BCUT2D eigenvalue weighted by Gasteiger charge is -2.39. The summed E-state index contributed by atoms with van der Waals surface area (Å²) in [6.07, 6.45) is 1.75. The van der Waals surface area contributed by atoms with Gasteiger partial charge < -0.3 is 5.11 Å². The lowest BCUT2D eigenvalue weighted by Crippen LogP contribution is -2.47. The van der Waals surface area contributed by atoms with Crippen molar-refractivity contribution in [2.24, 2.45) is 5.41 Å². The smallest absolute Gasteiger partial charge is 0.310 e. The zero-order valence-electron chi connectivity index (χ0n) is 11.8. The monoisotopic (exact) mass is 301 g/mol. The average molecular weight is 301 g/mol. The van der Waals surface area contributed by atoms with Crippen LogP contribution in [-0.4, -0.2) is 29.1 Å². The van der Waals surface area contributed by atoms with E-state index in [0.717, 1.165) is 6.07 Å². The van der Waals surface area contributed by atoms with Gasteiger partial charge in [0, 0.05) is 18.7 Å². The Morgan fingerprint density at radius 3 is 2.67 bits per heavy atom. The van der Waals surface area contributed by atoms with Crippen LogP contribution in [0.4, 0.5) is 13.2 Å². The molecular formula is C15H18F3NO2. The van der Waals surface area contributed by atoms with Gasteiger partial charge in [0.1, 0.15) is 0 Å². The van der Waals surface area contributed by atoms with Gasteiger partial charge in [-0.05, 0) is 31.9 Å². The Kier molecular flexibility index (Phi) is 4.56. The van der Waals surface area contributed by atoms with E-state index in [1.54, 1.807) is 4.90 Å². The molecule has 1 aromatic rings. The van der Waals surface area contributed by atoms with E-state index in [4.69, 9.17) is 0 Å². The van der Waals surface area contributed by atoms with Crippen LogP contribution in [0.3, 0.4) is 0 Å². The fourth-order valence-corrected chi connectivity index (χ4v) is 2.91. The number of nitrogens with zero attached hydrogens (tertiary/aromatic N) is 1. The Bertz CT molecular complexity index is 550. The summed E-state index contributed by atoms with van der Waals surface area (Å²) in [6.45, 7) is 2.80. The van der Waals surface area contributed by atoms with Crippen molar-refractivity contribution in [3.8, 4) is 0 Å². The fourth-order valence-electron chi connectivity index (χ4n) is 2.91. The summed E-state index contributed by atoms with van der Waals surface area (Å²) in [5.74, 6) is -4.76. The minimum atomic E-state index is -1.48. The predicted molar refractivity (Wildman–Crippen MR) is 71.2 cm³/mol. The predicted octanol–water partition coefficient (Wildman–Crippen LogP) is 3.18. The van der Waals surface area contributed by atoms with Crippen molar-refractivity contribution >= 4 is 5.97 Å². The lowest BCUT2D eigenvalue weighted by molar-refractivity contribution is -0.153. The minimum absolute atomic E-state index is 0.0474. The van der Waals surface area contributed by atoms with Crippen LogP contribution in [0.5, 0.6) is 0 Å². The Balaban J connectivity index is 2.17. The van der Waals surface area contributed by atoms with E-state index in [1.807, 2.05) is 6.92 Å². The van der Waals surface area contributed by atoms with E-state index in [1.165, 1.54) is 6.07 Å². The third-order valence-electron chi connectivity index (χ3n) is 4.30. The average Bonchev–Trinajstić information content (AvgIpc) is 2.48. The number of halogens is 3. The first-order valence-corrected chi connectivity index (χ1v) is 6.98. The van der Waals surface area contributed by atoms with E-state index in [-0.39, 0.29) is 18.7 Å². The van der Waals surface area contributed by atoms with E-state index >= 15 is 0 Å². The molecular weight excluding hydrogens is 283 g/mol. The Morgan fingerprint density at radius 2 is 2.05 bits per heavy atom. The molecule has 1 aliphatic rings. The van der Waals surface area contributed by atoms with Gasteiger partial charge in [-0.15, -0.1) is 0 Å². The number of rotatable bonds is 4. The highest BCUT2D eigenvalue weighted by Gasteiger charge is 2.40. The highest BCUT2D eigenvalue weighted by molar-refractivity contribution is 5.75. The third kappa shape index (κ3) is 3.05. The number of hydrogen-bond acceptors (Lipinski definition) is 2. The van der Waals surface area contributed by atoms with Crippen LogP contribution in [0.15, 0.2) is 12.1 Å². The number of benzene rings is 1. The van der Waals surface area contributed by atoms with E-state index < -0.39 is 28.8 Å². The van der Waals surface area contributed by atoms with Gasteiger partial charge in [0.25, 0.3) is 0 Å². The quantitative estimate of drug-likeness (QED) is 0.868. The minimum Gasteiger partial charge on any atom is -0.481 e. The summed E-state index contributed by atoms with van der Waals surface area (Å²) in [7, 11) is 0. The Labute approximate surface area is 121 Å². The molecule has 6 heteroatoms. The second-order valence-electron chi connectivity index (χ2n) is 5.59. The largest absolute Gasteiger partial charge is 0.481 e. The van der Waals surface area contributed by atoms with Gasteiger partial charge in [-0.3, -0.25) is 9.69 Å². The van der Waals surface area contributed by atoms with Crippen LogP contribution < -0.4 is 0 Å². The van der Waals surface area contributed by atoms with Crippen LogP contribution in [0.1, 0.15) is 31.7 Å². The van der Waals surface area contributed by atoms with Crippen LogP contribution >= 0.6 is 0 Å². The molecule has 1 heterocycles. The number of carboxylic acids is 1. The molecule has 1 saturated heterocycles. The van der Waals surface area contributed by atoms with E-state index in [2.05, 4.69) is 0 Å². The standard InChI is InChI=1S/C15H18F3NO2/c1-2-15(14(20)21)6-3-7-19(9-15)8-10-4-5-11(16)13(18)12(10)17/h4-5H,2-3,6-9H2,1H3,(H,20,21)/t15-/m1/s1. The molecule has 0 aromatic heterocycles. The maximum atomic E-state index is 13.7. The summed E-state index contributed by atoms with van der Waals surface area (Å²) >= 11 is 0. The molecule has 0 unspecified atom stereocenters. The summed E-state index contributed by atoms with van der Waals surface area (Å²) in [6, 6.07) is 2.10. The van der Waals surface area contributed by atoms with Gasteiger partial charge in [0.15, 0.2) is 17.5 Å². The fraction of sp³-hybridized carbons (Fsp3) is 0.533. The first-order valence-electron chi connectivity index (χ1n) is 6.98. The van der Waals surface area contributed by atoms with Gasteiger partial charge in [0.05, 0.1) is 5.41 Å². The Hall–Kier alpha value is -1.56. The molecule has 3 nitrogen and oxygen atoms in total. The highest BCUT2D eigenvalue weighted by atomic mass is 19.2. The molecule has 1 N–H and O–H groups in total. The number of carbonyl (C=O) groups is 1. The molecule has 1 aliphatic heterocycles. The SMILES string of the molecule is CC[C@@]1(C(=O)O)CCCN(Cc2ccc(F)c(F)c2F)C1. The molecule has 0 saturated carbocycles. The lowest BCUT2D eigenvalue weighted by atomic mass is 9.77. The van der Waals surface area contributed by atoms with Crippen LogP contribution in [0.25, 0.3) is 0 Å². The molecule has 116 valence electrons. The number of likely N-dealkylation sites (tertiary alicyclic amines) is 1. The summed E-state index contributed by atoms with van der Waals surface area (Å²) in [4.78, 5) is 13.2.